The first-order chi connectivity index (χ1) is 10.0. The van der Waals surface area contributed by atoms with Gasteiger partial charge in [0.05, 0.1) is 12.8 Å². The van der Waals surface area contributed by atoms with Crippen molar-refractivity contribution >= 4 is 17.6 Å². The van der Waals surface area contributed by atoms with Crippen LogP contribution in [0.25, 0.3) is 0 Å². The third-order valence-electron chi connectivity index (χ3n) is 3.71. The van der Waals surface area contributed by atoms with Crippen LogP contribution >= 0.6 is 11.6 Å². The largest absolute Gasteiger partial charge is 0.468 e. The Hall–Kier alpha value is -1.07. The number of hydrogen-bond acceptors (Lipinski definition) is 4. The Bertz CT molecular complexity index is 448. The van der Waals surface area contributed by atoms with Gasteiger partial charge in [0.25, 0.3) is 0 Å². The zero-order chi connectivity index (χ0) is 15.8. The van der Waals surface area contributed by atoms with Crippen molar-refractivity contribution < 1.29 is 9.53 Å². The van der Waals surface area contributed by atoms with Crippen molar-refractivity contribution in [2.45, 2.75) is 59.0 Å². The lowest BCUT2D eigenvalue weighted by Gasteiger charge is -2.21. The number of nitrogens with one attached hydrogen (secondary N) is 2. The molecule has 1 heterocycles. The lowest BCUT2D eigenvalue weighted by molar-refractivity contribution is -0.144. The maximum atomic E-state index is 11.8. The highest BCUT2D eigenvalue weighted by molar-refractivity contribution is 6.30. The molecule has 2 atom stereocenters. The number of aryl methyl sites for hydroxylation is 1. The molecule has 0 bridgehead atoms. The Morgan fingerprint density at radius 1 is 1.48 bits per heavy atom. The van der Waals surface area contributed by atoms with E-state index in [0.717, 1.165) is 37.2 Å². The van der Waals surface area contributed by atoms with E-state index in [1.807, 2.05) is 13.8 Å². The summed E-state index contributed by atoms with van der Waals surface area (Å²) in [6.45, 7) is 6.69. The van der Waals surface area contributed by atoms with Crippen LogP contribution in [0.3, 0.4) is 0 Å². The number of aromatic amines is 1. The lowest BCUT2D eigenvalue weighted by Crippen LogP contribution is -2.42. The fourth-order valence-corrected chi connectivity index (χ4v) is 2.33. The van der Waals surface area contributed by atoms with Crippen LogP contribution in [0.5, 0.6) is 0 Å². The fourth-order valence-electron chi connectivity index (χ4n) is 2.11. The number of unbranched alkanes of at least 4 members (excludes halogenated alkanes) is 1. The normalized spacial score (nSPS) is 14.0. The number of carbonyl (C=O) groups excluding carboxylic acids is 1. The third kappa shape index (κ3) is 5.32. The van der Waals surface area contributed by atoms with Crippen LogP contribution < -0.4 is 5.32 Å². The van der Waals surface area contributed by atoms with Gasteiger partial charge in [0.15, 0.2) is 5.15 Å². The molecule has 0 fully saturated rings. The van der Waals surface area contributed by atoms with Crippen LogP contribution in [0.4, 0.5) is 0 Å². The highest BCUT2D eigenvalue weighted by Crippen LogP contribution is 2.16. The molecular formula is C15H26ClN3O2. The second kappa shape index (κ2) is 9.05. The smallest absolute Gasteiger partial charge is 0.323 e. The van der Waals surface area contributed by atoms with Gasteiger partial charge >= 0.3 is 5.97 Å². The number of imidazole rings is 1. The highest BCUT2D eigenvalue weighted by atomic mass is 35.5. The van der Waals surface area contributed by atoms with E-state index >= 15 is 0 Å². The van der Waals surface area contributed by atoms with Gasteiger partial charge in [0.1, 0.15) is 11.9 Å². The van der Waals surface area contributed by atoms with Gasteiger partial charge < -0.3 is 9.72 Å². The Morgan fingerprint density at radius 3 is 2.76 bits per heavy atom. The molecule has 0 aromatic carbocycles. The Morgan fingerprint density at radius 2 is 2.19 bits per heavy atom. The number of methoxy groups -OCH3 is 1. The van der Waals surface area contributed by atoms with E-state index in [9.17, 15) is 4.79 Å². The van der Waals surface area contributed by atoms with Crippen LogP contribution in [0.15, 0.2) is 0 Å². The van der Waals surface area contributed by atoms with Crippen molar-refractivity contribution in [1.29, 1.82) is 0 Å². The number of halogens is 1. The first-order valence-electron chi connectivity index (χ1n) is 7.57. The number of hydrogen-bond donors (Lipinski definition) is 2. The second-order valence-electron chi connectivity index (χ2n) is 5.32. The molecular weight excluding hydrogens is 290 g/mol. The van der Waals surface area contributed by atoms with Crippen molar-refractivity contribution in [2.75, 3.05) is 7.11 Å². The quantitative estimate of drug-likeness (QED) is 0.687. The van der Waals surface area contributed by atoms with Gasteiger partial charge in [-0.15, -0.1) is 0 Å². The zero-order valence-electron chi connectivity index (χ0n) is 13.3. The van der Waals surface area contributed by atoms with Crippen LogP contribution in [-0.4, -0.2) is 29.1 Å². The summed E-state index contributed by atoms with van der Waals surface area (Å²) in [5.74, 6) is 0.849. The number of rotatable bonds is 9. The molecule has 2 unspecified atom stereocenters. The number of nitrogens with zero attached hydrogens (tertiary/aromatic N) is 1. The van der Waals surface area contributed by atoms with E-state index in [4.69, 9.17) is 16.3 Å². The Labute approximate surface area is 131 Å². The summed E-state index contributed by atoms with van der Waals surface area (Å²) in [4.78, 5) is 19.4. The molecule has 0 aliphatic carbocycles. The molecule has 0 radical (unpaired) electrons. The summed E-state index contributed by atoms with van der Waals surface area (Å²) in [5, 5.41) is 3.69. The summed E-state index contributed by atoms with van der Waals surface area (Å²) in [5.41, 5.74) is 0.819. The van der Waals surface area contributed by atoms with Gasteiger partial charge in [0.2, 0.25) is 0 Å². The van der Waals surface area contributed by atoms with Gasteiger partial charge in [0, 0.05) is 13.0 Å². The molecule has 0 aliphatic rings. The first kappa shape index (κ1) is 18.0. The summed E-state index contributed by atoms with van der Waals surface area (Å²) in [6.07, 6.45) is 3.98. The number of ether oxygens (including phenoxy) is 1. The van der Waals surface area contributed by atoms with E-state index in [1.165, 1.54) is 7.11 Å². The van der Waals surface area contributed by atoms with E-state index < -0.39 is 0 Å². The molecule has 0 spiro atoms. The van der Waals surface area contributed by atoms with Gasteiger partial charge in [-0.2, -0.15) is 0 Å². The average Bonchev–Trinajstić information content (AvgIpc) is 2.84. The molecule has 1 rings (SSSR count). The van der Waals surface area contributed by atoms with Gasteiger partial charge in [-0.1, -0.05) is 45.2 Å². The second-order valence-corrected chi connectivity index (χ2v) is 5.68. The van der Waals surface area contributed by atoms with Crippen LogP contribution in [-0.2, 0) is 22.5 Å². The fraction of sp³-hybridized carbons (Fsp3) is 0.733. The van der Waals surface area contributed by atoms with Crippen molar-refractivity contribution in [2.24, 2.45) is 5.92 Å². The van der Waals surface area contributed by atoms with Crippen LogP contribution in [0.1, 0.15) is 51.6 Å². The molecule has 2 N–H and O–H groups in total. The van der Waals surface area contributed by atoms with E-state index in [1.54, 1.807) is 0 Å². The molecule has 120 valence electrons. The predicted molar refractivity (Wildman–Crippen MR) is 84.3 cm³/mol. The summed E-state index contributed by atoms with van der Waals surface area (Å²) >= 11 is 6.14. The summed E-state index contributed by atoms with van der Waals surface area (Å²) in [6, 6.07) is -0.335. The van der Waals surface area contributed by atoms with Crippen LogP contribution in [0.2, 0.25) is 5.15 Å². The predicted octanol–water partition coefficient (Wildman–Crippen LogP) is 3.08. The molecule has 21 heavy (non-hydrogen) atoms. The molecule has 1 aromatic heterocycles. The SMILES string of the molecule is CCCCc1nc(Cl)c(CNC(C(=O)OC)C(C)CC)[nH]1. The monoisotopic (exact) mass is 315 g/mol. The minimum atomic E-state index is -0.335. The average molecular weight is 316 g/mol. The maximum absolute atomic E-state index is 11.8. The molecule has 1 aromatic rings. The zero-order valence-corrected chi connectivity index (χ0v) is 14.1. The lowest BCUT2D eigenvalue weighted by atomic mass is 9.99. The van der Waals surface area contributed by atoms with Crippen molar-refractivity contribution in [3.05, 3.63) is 16.7 Å². The summed E-state index contributed by atoms with van der Waals surface area (Å²) < 4.78 is 4.85. The molecule has 5 nitrogen and oxygen atoms in total. The van der Waals surface area contributed by atoms with Crippen molar-refractivity contribution in [3.8, 4) is 0 Å². The van der Waals surface area contributed by atoms with Gasteiger partial charge in [-0.3, -0.25) is 10.1 Å². The van der Waals surface area contributed by atoms with E-state index in [0.29, 0.717) is 11.7 Å². The standard InChI is InChI=1S/C15H26ClN3O2/c1-5-7-8-12-18-11(14(16)19-12)9-17-13(10(3)6-2)15(20)21-4/h10,13,17H,5-9H2,1-4H3,(H,18,19). The molecule has 0 saturated carbocycles. The van der Waals surface area contributed by atoms with Crippen molar-refractivity contribution in [1.82, 2.24) is 15.3 Å². The number of H-pyrrole nitrogens is 1. The van der Waals surface area contributed by atoms with Gasteiger partial charge in [-0.05, 0) is 12.3 Å². The summed E-state index contributed by atoms with van der Waals surface area (Å²) in [7, 11) is 1.41. The number of esters is 1. The van der Waals surface area contributed by atoms with Crippen LogP contribution in [0, 0.1) is 5.92 Å². The van der Waals surface area contributed by atoms with Gasteiger partial charge in [-0.25, -0.2) is 4.98 Å². The van der Waals surface area contributed by atoms with E-state index in [2.05, 4.69) is 22.2 Å². The van der Waals surface area contributed by atoms with E-state index in [-0.39, 0.29) is 17.9 Å². The molecule has 0 amide bonds. The maximum Gasteiger partial charge on any atom is 0.323 e. The topological polar surface area (TPSA) is 67.0 Å². The highest BCUT2D eigenvalue weighted by Gasteiger charge is 2.24. The molecule has 0 saturated heterocycles. The Balaban J connectivity index is 2.67. The molecule has 6 heteroatoms. The first-order valence-corrected chi connectivity index (χ1v) is 7.95. The Kier molecular flexibility index (Phi) is 7.75. The number of carbonyl (C=O) groups is 1. The minimum Gasteiger partial charge on any atom is -0.468 e. The van der Waals surface area contributed by atoms with Crippen molar-refractivity contribution in [3.63, 3.8) is 0 Å². The number of aromatic nitrogens is 2. The third-order valence-corrected chi connectivity index (χ3v) is 4.02. The molecule has 0 aliphatic heterocycles. The minimum absolute atomic E-state index is 0.193.